The van der Waals surface area contributed by atoms with Gasteiger partial charge in [0, 0.05) is 24.0 Å². The quantitative estimate of drug-likeness (QED) is 0.864. The van der Waals surface area contributed by atoms with E-state index in [-0.39, 0.29) is 6.04 Å². The highest BCUT2D eigenvalue weighted by atomic mass is 15.1. The molecule has 0 saturated carbocycles. The minimum atomic E-state index is 0.0864. The molecule has 2 rings (SSSR count). The summed E-state index contributed by atoms with van der Waals surface area (Å²) in [5, 5.41) is 8.86. The maximum atomic E-state index is 8.86. The van der Waals surface area contributed by atoms with Gasteiger partial charge in [0.25, 0.3) is 0 Å². The lowest BCUT2D eigenvalue weighted by Crippen LogP contribution is -2.18. The van der Waals surface area contributed by atoms with Gasteiger partial charge in [-0.1, -0.05) is 37.3 Å². The van der Waals surface area contributed by atoms with Crippen LogP contribution in [0.4, 0.5) is 11.4 Å². The topological polar surface area (TPSA) is 53.0 Å². The van der Waals surface area contributed by atoms with Crippen LogP contribution in [0.2, 0.25) is 0 Å². The third kappa shape index (κ3) is 3.84. The number of nitriles is 1. The van der Waals surface area contributed by atoms with Crippen LogP contribution < -0.4 is 10.6 Å². The van der Waals surface area contributed by atoms with Crippen LogP contribution in [0, 0.1) is 11.3 Å². The van der Waals surface area contributed by atoms with Crippen molar-refractivity contribution >= 4 is 11.4 Å². The zero-order valence-corrected chi connectivity index (χ0v) is 12.4. The number of benzene rings is 2. The second kappa shape index (κ2) is 7.47. The lowest BCUT2D eigenvalue weighted by molar-refractivity contribution is 0.698. The standard InChI is InChI=1S/C18H21N3/c1-2-18(20)15-9-11-17(12-10-15)21(14-6-13-19)16-7-4-3-5-8-16/h3-5,7-12,18H,2,6,14,20H2,1H3. The fraction of sp³-hybridized carbons (Fsp3) is 0.278. The number of rotatable bonds is 6. The van der Waals surface area contributed by atoms with Gasteiger partial charge < -0.3 is 10.6 Å². The minimum Gasteiger partial charge on any atom is -0.340 e. The average Bonchev–Trinajstić information content (AvgIpc) is 2.56. The first-order valence-electron chi connectivity index (χ1n) is 7.31. The molecule has 0 bridgehead atoms. The molecule has 0 amide bonds. The molecule has 2 aromatic carbocycles. The van der Waals surface area contributed by atoms with Crippen molar-refractivity contribution in [2.45, 2.75) is 25.8 Å². The molecule has 21 heavy (non-hydrogen) atoms. The number of hydrogen-bond donors (Lipinski definition) is 1. The van der Waals surface area contributed by atoms with E-state index < -0.39 is 0 Å². The van der Waals surface area contributed by atoms with Crippen LogP contribution in [0.1, 0.15) is 31.4 Å². The zero-order valence-electron chi connectivity index (χ0n) is 12.4. The highest BCUT2D eigenvalue weighted by molar-refractivity contribution is 5.63. The molecule has 1 atom stereocenters. The SMILES string of the molecule is CCC(N)c1ccc(N(CCC#N)c2ccccc2)cc1. The van der Waals surface area contributed by atoms with Crippen molar-refractivity contribution < 1.29 is 0 Å². The molecule has 0 fully saturated rings. The average molecular weight is 279 g/mol. The number of nitrogens with two attached hydrogens (primary N) is 1. The normalized spacial score (nSPS) is 11.7. The Labute approximate surface area is 126 Å². The first kappa shape index (κ1) is 15.1. The molecule has 2 aromatic rings. The molecular formula is C18H21N3. The Balaban J connectivity index is 2.27. The summed E-state index contributed by atoms with van der Waals surface area (Å²) in [6.45, 7) is 2.77. The van der Waals surface area contributed by atoms with Crippen LogP contribution in [0.25, 0.3) is 0 Å². The van der Waals surface area contributed by atoms with Crippen LogP contribution in [0.3, 0.4) is 0 Å². The summed E-state index contributed by atoms with van der Waals surface area (Å²) in [6.07, 6.45) is 1.42. The molecule has 0 aromatic heterocycles. The molecule has 0 radical (unpaired) electrons. The van der Waals surface area contributed by atoms with E-state index in [2.05, 4.69) is 54.3 Å². The van der Waals surface area contributed by atoms with Gasteiger partial charge in [-0.2, -0.15) is 5.26 Å². The van der Waals surface area contributed by atoms with Crippen LogP contribution in [-0.2, 0) is 0 Å². The Morgan fingerprint density at radius 1 is 1.05 bits per heavy atom. The second-order valence-electron chi connectivity index (χ2n) is 5.00. The molecule has 3 nitrogen and oxygen atoms in total. The van der Waals surface area contributed by atoms with E-state index >= 15 is 0 Å². The van der Waals surface area contributed by atoms with E-state index in [0.29, 0.717) is 13.0 Å². The zero-order chi connectivity index (χ0) is 15.1. The van der Waals surface area contributed by atoms with Crippen LogP contribution in [0.5, 0.6) is 0 Å². The van der Waals surface area contributed by atoms with E-state index in [9.17, 15) is 0 Å². The number of para-hydroxylation sites is 1. The molecule has 0 saturated heterocycles. The third-order valence-electron chi connectivity index (χ3n) is 3.59. The predicted molar refractivity (Wildman–Crippen MR) is 87.3 cm³/mol. The lowest BCUT2D eigenvalue weighted by atomic mass is 10.0. The lowest BCUT2D eigenvalue weighted by Gasteiger charge is -2.24. The van der Waals surface area contributed by atoms with Gasteiger partial charge in [-0.3, -0.25) is 0 Å². The number of anilines is 2. The number of nitrogens with zero attached hydrogens (tertiary/aromatic N) is 2. The highest BCUT2D eigenvalue weighted by Gasteiger charge is 2.10. The Morgan fingerprint density at radius 2 is 1.67 bits per heavy atom. The van der Waals surface area contributed by atoms with Crippen molar-refractivity contribution in [2.24, 2.45) is 5.73 Å². The maximum absolute atomic E-state index is 8.86. The molecule has 1 unspecified atom stereocenters. The van der Waals surface area contributed by atoms with E-state index in [1.165, 1.54) is 0 Å². The van der Waals surface area contributed by atoms with Crippen molar-refractivity contribution in [1.82, 2.24) is 0 Å². The Bertz CT molecular complexity index is 584. The van der Waals surface area contributed by atoms with Crippen molar-refractivity contribution in [3.8, 4) is 6.07 Å². The summed E-state index contributed by atoms with van der Waals surface area (Å²) in [5.74, 6) is 0. The Kier molecular flexibility index (Phi) is 5.36. The van der Waals surface area contributed by atoms with E-state index in [1.807, 2.05) is 18.2 Å². The molecular weight excluding hydrogens is 258 g/mol. The Hall–Kier alpha value is -2.31. The second-order valence-corrected chi connectivity index (χ2v) is 5.00. The summed E-state index contributed by atoms with van der Waals surface area (Å²) in [7, 11) is 0. The van der Waals surface area contributed by atoms with Gasteiger partial charge in [0.2, 0.25) is 0 Å². The summed E-state index contributed by atoms with van der Waals surface area (Å²) >= 11 is 0. The molecule has 0 aliphatic rings. The Morgan fingerprint density at radius 3 is 2.24 bits per heavy atom. The summed E-state index contributed by atoms with van der Waals surface area (Å²) in [6, 6.07) is 20.7. The highest BCUT2D eigenvalue weighted by Crippen LogP contribution is 2.26. The molecule has 2 N–H and O–H groups in total. The summed E-state index contributed by atoms with van der Waals surface area (Å²) < 4.78 is 0. The molecule has 3 heteroatoms. The van der Waals surface area contributed by atoms with Crippen LogP contribution in [-0.4, -0.2) is 6.54 Å². The molecule has 0 heterocycles. The molecule has 0 spiro atoms. The monoisotopic (exact) mass is 279 g/mol. The van der Waals surface area contributed by atoms with E-state index in [4.69, 9.17) is 11.0 Å². The van der Waals surface area contributed by atoms with Crippen molar-refractivity contribution in [3.63, 3.8) is 0 Å². The van der Waals surface area contributed by atoms with E-state index in [0.717, 1.165) is 23.4 Å². The summed E-state index contributed by atoms with van der Waals surface area (Å²) in [5.41, 5.74) is 9.39. The first-order valence-corrected chi connectivity index (χ1v) is 7.31. The molecule has 0 aliphatic carbocycles. The minimum absolute atomic E-state index is 0.0864. The van der Waals surface area contributed by atoms with Gasteiger partial charge in [0.05, 0.1) is 12.5 Å². The van der Waals surface area contributed by atoms with E-state index in [1.54, 1.807) is 0 Å². The van der Waals surface area contributed by atoms with Crippen LogP contribution >= 0.6 is 0 Å². The van der Waals surface area contributed by atoms with Gasteiger partial charge in [0.1, 0.15) is 0 Å². The largest absolute Gasteiger partial charge is 0.340 e. The smallest absolute Gasteiger partial charge is 0.0640 e. The number of hydrogen-bond acceptors (Lipinski definition) is 3. The first-order chi connectivity index (χ1) is 10.3. The fourth-order valence-corrected chi connectivity index (χ4v) is 2.31. The van der Waals surface area contributed by atoms with Gasteiger partial charge in [-0.25, -0.2) is 0 Å². The molecule has 0 aliphatic heterocycles. The van der Waals surface area contributed by atoms with Crippen LogP contribution in [0.15, 0.2) is 54.6 Å². The van der Waals surface area contributed by atoms with Gasteiger partial charge in [-0.15, -0.1) is 0 Å². The van der Waals surface area contributed by atoms with Crippen molar-refractivity contribution in [2.75, 3.05) is 11.4 Å². The fourth-order valence-electron chi connectivity index (χ4n) is 2.31. The van der Waals surface area contributed by atoms with Gasteiger partial charge in [0.15, 0.2) is 0 Å². The summed E-state index contributed by atoms with van der Waals surface area (Å²) in [4.78, 5) is 2.16. The van der Waals surface area contributed by atoms with Crippen molar-refractivity contribution in [1.29, 1.82) is 5.26 Å². The van der Waals surface area contributed by atoms with Gasteiger partial charge in [-0.05, 0) is 36.2 Å². The van der Waals surface area contributed by atoms with Gasteiger partial charge >= 0.3 is 0 Å². The third-order valence-corrected chi connectivity index (χ3v) is 3.59. The molecule has 108 valence electrons. The van der Waals surface area contributed by atoms with Crippen molar-refractivity contribution in [3.05, 3.63) is 60.2 Å². The maximum Gasteiger partial charge on any atom is 0.0640 e. The predicted octanol–water partition coefficient (Wildman–Crippen LogP) is 4.15.